The smallest absolute Gasteiger partial charge is 0.173 e. The zero-order chi connectivity index (χ0) is 12.3. The molecule has 0 unspecified atom stereocenters. The van der Waals surface area contributed by atoms with E-state index in [2.05, 4.69) is 21.1 Å². The Kier molecular flexibility index (Phi) is 3.35. The van der Waals surface area contributed by atoms with E-state index in [4.69, 9.17) is 16.9 Å². The summed E-state index contributed by atoms with van der Waals surface area (Å²) in [7, 11) is 0. The molecule has 0 saturated heterocycles. The van der Waals surface area contributed by atoms with E-state index < -0.39 is 0 Å². The third kappa shape index (κ3) is 2.12. The summed E-state index contributed by atoms with van der Waals surface area (Å²) >= 11 is 6.11. The number of rotatable bonds is 3. The molecule has 0 amide bonds. The predicted octanol–water partition coefficient (Wildman–Crippen LogP) is 2.14. The predicted molar refractivity (Wildman–Crippen MR) is 62.9 cm³/mol. The summed E-state index contributed by atoms with van der Waals surface area (Å²) in [5.74, 6) is 0.511. The van der Waals surface area contributed by atoms with Gasteiger partial charge in [0.25, 0.3) is 0 Å². The topological polar surface area (TPSA) is 67.4 Å². The van der Waals surface area contributed by atoms with Crippen LogP contribution in [0.25, 0.3) is 5.82 Å². The first-order valence-electron chi connectivity index (χ1n) is 5.21. The van der Waals surface area contributed by atoms with Gasteiger partial charge in [-0.2, -0.15) is 10.4 Å². The lowest BCUT2D eigenvalue weighted by Gasteiger charge is -1.99. The molecule has 2 aromatic rings. The Morgan fingerprint density at radius 3 is 2.88 bits per heavy atom. The summed E-state index contributed by atoms with van der Waals surface area (Å²) in [6, 6.07) is 2.08. The molecule has 0 saturated carbocycles. The van der Waals surface area contributed by atoms with Crippen LogP contribution < -0.4 is 0 Å². The lowest BCUT2D eigenvalue weighted by molar-refractivity contribution is 0.786. The van der Waals surface area contributed by atoms with Crippen LogP contribution in [0.2, 0.25) is 5.15 Å². The van der Waals surface area contributed by atoms with Crippen molar-refractivity contribution in [1.82, 2.24) is 19.7 Å². The molecule has 86 valence electrons. The van der Waals surface area contributed by atoms with Gasteiger partial charge in [-0.1, -0.05) is 24.9 Å². The van der Waals surface area contributed by atoms with Crippen LogP contribution in [0.5, 0.6) is 0 Å². The van der Waals surface area contributed by atoms with Gasteiger partial charge in [0.05, 0.1) is 11.9 Å². The number of hydrogen-bond donors (Lipinski definition) is 0. The molecule has 17 heavy (non-hydrogen) atoms. The lowest BCUT2D eigenvalue weighted by atomic mass is 10.2. The number of aromatic nitrogens is 4. The fourth-order valence-electron chi connectivity index (χ4n) is 1.51. The molecule has 0 radical (unpaired) electrons. The van der Waals surface area contributed by atoms with Crippen LogP contribution in [-0.4, -0.2) is 19.7 Å². The maximum absolute atomic E-state index is 9.06. The molecule has 5 nitrogen and oxygen atoms in total. The monoisotopic (exact) mass is 247 g/mol. The van der Waals surface area contributed by atoms with Gasteiger partial charge in [0.1, 0.15) is 11.6 Å². The maximum Gasteiger partial charge on any atom is 0.173 e. The standard InChI is InChI=1S/C11H10ClN5/c1-2-3-9-8(6-13)11(12)17(16-9)10-7-14-4-5-15-10/h4-5,7H,2-3H2,1H3. The highest BCUT2D eigenvalue weighted by Crippen LogP contribution is 2.22. The molecule has 0 bridgehead atoms. The van der Waals surface area contributed by atoms with E-state index in [9.17, 15) is 0 Å². The molecule has 2 rings (SSSR count). The van der Waals surface area contributed by atoms with Crippen molar-refractivity contribution in [3.8, 4) is 11.9 Å². The molecule has 0 aliphatic carbocycles. The molecule has 6 heteroatoms. The van der Waals surface area contributed by atoms with E-state index in [0.29, 0.717) is 17.1 Å². The van der Waals surface area contributed by atoms with E-state index >= 15 is 0 Å². The molecule has 0 aliphatic rings. The quantitative estimate of drug-likeness (QED) is 0.833. The lowest BCUT2D eigenvalue weighted by Crippen LogP contribution is -2.00. The molecule has 0 aliphatic heterocycles. The highest BCUT2D eigenvalue weighted by atomic mass is 35.5. The Morgan fingerprint density at radius 1 is 1.47 bits per heavy atom. The molecule has 2 aromatic heterocycles. The van der Waals surface area contributed by atoms with Crippen LogP contribution in [0.4, 0.5) is 0 Å². The Bertz CT molecular complexity index is 555. The molecule has 0 spiro atoms. The molecular weight excluding hydrogens is 238 g/mol. The van der Waals surface area contributed by atoms with Crippen molar-refractivity contribution in [2.24, 2.45) is 0 Å². The van der Waals surface area contributed by atoms with E-state index in [1.807, 2.05) is 6.92 Å². The van der Waals surface area contributed by atoms with Crippen LogP contribution in [-0.2, 0) is 6.42 Å². The minimum atomic E-state index is 0.288. The largest absolute Gasteiger partial charge is 0.259 e. The number of halogens is 1. The van der Waals surface area contributed by atoms with Crippen molar-refractivity contribution in [2.75, 3.05) is 0 Å². The number of hydrogen-bond acceptors (Lipinski definition) is 4. The van der Waals surface area contributed by atoms with E-state index in [1.165, 1.54) is 4.68 Å². The molecule has 0 aromatic carbocycles. The first kappa shape index (κ1) is 11.6. The van der Waals surface area contributed by atoms with Crippen molar-refractivity contribution in [3.05, 3.63) is 35.0 Å². The summed E-state index contributed by atoms with van der Waals surface area (Å²) in [6.07, 6.45) is 6.30. The van der Waals surface area contributed by atoms with Gasteiger partial charge in [0.15, 0.2) is 11.0 Å². The summed E-state index contributed by atoms with van der Waals surface area (Å²) < 4.78 is 1.44. The summed E-state index contributed by atoms with van der Waals surface area (Å²) in [6.45, 7) is 2.02. The summed E-state index contributed by atoms with van der Waals surface area (Å²) in [5, 5.41) is 13.7. The minimum absolute atomic E-state index is 0.288. The third-order valence-corrected chi connectivity index (χ3v) is 2.62. The van der Waals surface area contributed by atoms with Crippen molar-refractivity contribution < 1.29 is 0 Å². The SMILES string of the molecule is CCCc1nn(-c2cnccn2)c(Cl)c1C#N. The van der Waals surface area contributed by atoms with Crippen LogP contribution >= 0.6 is 11.6 Å². The van der Waals surface area contributed by atoms with Gasteiger partial charge in [-0.05, 0) is 6.42 Å². The average Bonchev–Trinajstić information content (AvgIpc) is 2.67. The normalized spacial score (nSPS) is 10.2. The Hall–Kier alpha value is -1.93. The molecule has 0 atom stereocenters. The first-order chi connectivity index (χ1) is 8.27. The van der Waals surface area contributed by atoms with Crippen molar-refractivity contribution in [1.29, 1.82) is 5.26 Å². The highest BCUT2D eigenvalue weighted by molar-refractivity contribution is 6.31. The van der Waals surface area contributed by atoms with Gasteiger partial charge in [-0.15, -0.1) is 0 Å². The van der Waals surface area contributed by atoms with Gasteiger partial charge >= 0.3 is 0 Å². The van der Waals surface area contributed by atoms with Crippen LogP contribution in [0.3, 0.4) is 0 Å². The maximum atomic E-state index is 9.06. The Balaban J connectivity index is 2.54. The second-order valence-electron chi connectivity index (χ2n) is 3.45. The van der Waals surface area contributed by atoms with E-state index in [0.717, 1.165) is 12.8 Å². The number of aryl methyl sites for hydroxylation is 1. The molecule has 0 fully saturated rings. The average molecular weight is 248 g/mol. The molecule has 2 heterocycles. The van der Waals surface area contributed by atoms with Crippen LogP contribution in [0.1, 0.15) is 24.6 Å². The molecule has 0 N–H and O–H groups in total. The second-order valence-corrected chi connectivity index (χ2v) is 3.81. The molecular formula is C11H10ClN5. The van der Waals surface area contributed by atoms with E-state index in [1.54, 1.807) is 18.6 Å². The van der Waals surface area contributed by atoms with Crippen molar-refractivity contribution >= 4 is 11.6 Å². The summed E-state index contributed by atoms with van der Waals surface area (Å²) in [4.78, 5) is 8.05. The Labute approximate surface area is 104 Å². The van der Waals surface area contributed by atoms with Gasteiger partial charge in [-0.25, -0.2) is 9.67 Å². The van der Waals surface area contributed by atoms with Gasteiger partial charge in [0, 0.05) is 12.4 Å². The van der Waals surface area contributed by atoms with Gasteiger partial charge in [0.2, 0.25) is 0 Å². The highest BCUT2D eigenvalue weighted by Gasteiger charge is 2.17. The fraction of sp³-hybridized carbons (Fsp3) is 0.273. The van der Waals surface area contributed by atoms with Crippen LogP contribution in [0, 0.1) is 11.3 Å². The number of nitriles is 1. The second kappa shape index (κ2) is 4.93. The van der Waals surface area contributed by atoms with Gasteiger partial charge in [-0.3, -0.25) is 4.98 Å². The first-order valence-corrected chi connectivity index (χ1v) is 5.59. The Morgan fingerprint density at radius 2 is 2.29 bits per heavy atom. The van der Waals surface area contributed by atoms with E-state index in [-0.39, 0.29) is 5.15 Å². The van der Waals surface area contributed by atoms with Crippen molar-refractivity contribution in [3.63, 3.8) is 0 Å². The zero-order valence-electron chi connectivity index (χ0n) is 9.26. The number of nitrogens with zero attached hydrogens (tertiary/aromatic N) is 5. The van der Waals surface area contributed by atoms with Crippen molar-refractivity contribution in [2.45, 2.75) is 19.8 Å². The summed E-state index contributed by atoms with van der Waals surface area (Å²) in [5.41, 5.74) is 1.12. The zero-order valence-corrected chi connectivity index (χ0v) is 10.0. The third-order valence-electron chi connectivity index (χ3n) is 2.27. The van der Waals surface area contributed by atoms with Crippen LogP contribution in [0.15, 0.2) is 18.6 Å². The van der Waals surface area contributed by atoms with Gasteiger partial charge < -0.3 is 0 Å². The minimum Gasteiger partial charge on any atom is -0.259 e. The fourth-order valence-corrected chi connectivity index (χ4v) is 1.79.